The van der Waals surface area contributed by atoms with E-state index in [1.807, 2.05) is 10.9 Å². The van der Waals surface area contributed by atoms with Crippen molar-refractivity contribution in [2.45, 2.75) is 46.2 Å². The molecule has 0 saturated carbocycles. The van der Waals surface area contributed by atoms with Gasteiger partial charge in [-0.1, -0.05) is 12.1 Å². The minimum atomic E-state index is 0.455. The van der Waals surface area contributed by atoms with E-state index in [1.165, 1.54) is 0 Å². The summed E-state index contributed by atoms with van der Waals surface area (Å²) in [5.74, 6) is 1.36. The molecule has 0 radical (unpaired) electrons. The molecule has 1 atom stereocenters. The number of aryl methyl sites for hydroxylation is 1. The van der Waals surface area contributed by atoms with Crippen LogP contribution in [0.2, 0.25) is 0 Å². The molecule has 104 valence electrons. The minimum Gasteiger partial charge on any atom is -0.340 e. The van der Waals surface area contributed by atoms with Gasteiger partial charge < -0.3 is 9.84 Å². The van der Waals surface area contributed by atoms with Gasteiger partial charge in [0.2, 0.25) is 5.89 Å². The third kappa shape index (κ3) is 3.89. The largest absolute Gasteiger partial charge is 0.340 e. The molecular weight excluding hydrogens is 242 g/mol. The van der Waals surface area contributed by atoms with Crippen molar-refractivity contribution in [3.8, 4) is 0 Å². The van der Waals surface area contributed by atoms with Crippen LogP contribution in [0.15, 0.2) is 16.8 Å². The van der Waals surface area contributed by atoms with E-state index < -0.39 is 0 Å². The molecule has 0 aliphatic carbocycles. The Morgan fingerprint density at radius 3 is 3.00 bits per heavy atom. The van der Waals surface area contributed by atoms with E-state index in [0.717, 1.165) is 37.4 Å². The van der Waals surface area contributed by atoms with Crippen molar-refractivity contribution in [3.63, 3.8) is 0 Å². The SMILES string of the molecule is CCC(C)n1ccc(CNCCc2noc(C)n2)n1. The van der Waals surface area contributed by atoms with Gasteiger partial charge in [0.05, 0.1) is 5.69 Å². The van der Waals surface area contributed by atoms with Gasteiger partial charge in [-0.3, -0.25) is 4.68 Å². The zero-order chi connectivity index (χ0) is 13.7. The molecule has 0 bridgehead atoms. The molecule has 2 rings (SSSR count). The van der Waals surface area contributed by atoms with Crippen molar-refractivity contribution < 1.29 is 4.52 Å². The molecule has 1 N–H and O–H groups in total. The van der Waals surface area contributed by atoms with Crippen LogP contribution in [-0.4, -0.2) is 26.5 Å². The summed E-state index contributed by atoms with van der Waals surface area (Å²) in [5.41, 5.74) is 1.06. The molecule has 0 fully saturated rings. The second-order valence-electron chi connectivity index (χ2n) is 4.70. The van der Waals surface area contributed by atoms with E-state index >= 15 is 0 Å². The van der Waals surface area contributed by atoms with E-state index in [2.05, 4.69) is 40.5 Å². The fraction of sp³-hybridized carbons (Fsp3) is 0.615. The van der Waals surface area contributed by atoms with Crippen LogP contribution in [-0.2, 0) is 13.0 Å². The van der Waals surface area contributed by atoms with E-state index in [1.54, 1.807) is 6.92 Å². The lowest BCUT2D eigenvalue weighted by Crippen LogP contribution is -2.18. The van der Waals surface area contributed by atoms with Gasteiger partial charge in [0.1, 0.15) is 0 Å². The average molecular weight is 263 g/mol. The fourth-order valence-electron chi connectivity index (χ4n) is 1.76. The topological polar surface area (TPSA) is 68.8 Å². The summed E-state index contributed by atoms with van der Waals surface area (Å²) in [6, 6.07) is 2.51. The van der Waals surface area contributed by atoms with Crippen LogP contribution in [0, 0.1) is 6.92 Å². The minimum absolute atomic E-state index is 0.455. The van der Waals surface area contributed by atoms with Crippen LogP contribution in [0.5, 0.6) is 0 Å². The zero-order valence-electron chi connectivity index (χ0n) is 11.8. The first-order valence-electron chi connectivity index (χ1n) is 6.73. The van der Waals surface area contributed by atoms with Gasteiger partial charge in [-0.15, -0.1) is 0 Å². The highest BCUT2D eigenvalue weighted by atomic mass is 16.5. The Hall–Kier alpha value is -1.69. The fourth-order valence-corrected chi connectivity index (χ4v) is 1.76. The molecule has 0 spiro atoms. The van der Waals surface area contributed by atoms with Crippen LogP contribution in [0.3, 0.4) is 0 Å². The average Bonchev–Trinajstić information content (AvgIpc) is 3.03. The summed E-state index contributed by atoms with van der Waals surface area (Å²) in [6.07, 6.45) is 3.89. The van der Waals surface area contributed by atoms with Crippen LogP contribution in [0.4, 0.5) is 0 Å². The van der Waals surface area contributed by atoms with Crippen molar-refractivity contribution in [3.05, 3.63) is 29.7 Å². The first kappa shape index (κ1) is 13.7. The lowest BCUT2D eigenvalue weighted by Gasteiger charge is -2.08. The molecule has 0 saturated heterocycles. The Bertz CT molecular complexity index is 505. The molecule has 2 aromatic heterocycles. The molecule has 6 nitrogen and oxygen atoms in total. The molecule has 2 heterocycles. The first-order chi connectivity index (χ1) is 9.19. The number of nitrogens with one attached hydrogen (secondary N) is 1. The highest BCUT2D eigenvalue weighted by Crippen LogP contribution is 2.08. The van der Waals surface area contributed by atoms with Gasteiger partial charge in [0.25, 0.3) is 0 Å². The second-order valence-corrected chi connectivity index (χ2v) is 4.70. The van der Waals surface area contributed by atoms with Gasteiger partial charge >= 0.3 is 0 Å². The summed E-state index contributed by atoms with van der Waals surface area (Å²) < 4.78 is 6.93. The highest BCUT2D eigenvalue weighted by Gasteiger charge is 2.05. The van der Waals surface area contributed by atoms with Crippen molar-refractivity contribution in [2.75, 3.05) is 6.54 Å². The normalized spacial score (nSPS) is 12.8. The Morgan fingerprint density at radius 2 is 2.32 bits per heavy atom. The van der Waals surface area contributed by atoms with Gasteiger partial charge in [0.15, 0.2) is 5.82 Å². The van der Waals surface area contributed by atoms with Crippen molar-refractivity contribution >= 4 is 0 Å². The maximum atomic E-state index is 4.92. The monoisotopic (exact) mass is 263 g/mol. The smallest absolute Gasteiger partial charge is 0.223 e. The third-order valence-electron chi connectivity index (χ3n) is 3.11. The molecule has 1 unspecified atom stereocenters. The zero-order valence-corrected chi connectivity index (χ0v) is 11.8. The van der Waals surface area contributed by atoms with E-state index in [4.69, 9.17) is 4.52 Å². The van der Waals surface area contributed by atoms with E-state index in [0.29, 0.717) is 11.9 Å². The van der Waals surface area contributed by atoms with E-state index in [-0.39, 0.29) is 0 Å². The summed E-state index contributed by atoms with van der Waals surface area (Å²) in [4.78, 5) is 4.16. The quantitative estimate of drug-likeness (QED) is 0.772. The summed E-state index contributed by atoms with van der Waals surface area (Å²) in [7, 11) is 0. The van der Waals surface area contributed by atoms with Gasteiger partial charge in [-0.05, 0) is 19.4 Å². The first-order valence-corrected chi connectivity index (χ1v) is 6.73. The Kier molecular flexibility index (Phi) is 4.68. The third-order valence-corrected chi connectivity index (χ3v) is 3.11. The van der Waals surface area contributed by atoms with Gasteiger partial charge in [-0.25, -0.2) is 0 Å². The molecule has 2 aromatic rings. The molecule has 0 aliphatic heterocycles. The Labute approximate surface area is 113 Å². The second kappa shape index (κ2) is 6.47. The predicted octanol–water partition coefficient (Wildman–Crippen LogP) is 1.88. The molecule has 0 amide bonds. The van der Waals surface area contributed by atoms with Gasteiger partial charge in [0, 0.05) is 38.7 Å². The van der Waals surface area contributed by atoms with E-state index in [9.17, 15) is 0 Å². The van der Waals surface area contributed by atoms with Crippen molar-refractivity contribution in [1.82, 2.24) is 25.2 Å². The number of nitrogens with zero attached hydrogens (tertiary/aromatic N) is 4. The van der Waals surface area contributed by atoms with Crippen LogP contribution in [0.1, 0.15) is 43.7 Å². The molecular formula is C13H21N5O. The van der Waals surface area contributed by atoms with Crippen molar-refractivity contribution in [2.24, 2.45) is 0 Å². The number of hydrogen-bond acceptors (Lipinski definition) is 5. The Morgan fingerprint density at radius 1 is 1.47 bits per heavy atom. The standard InChI is InChI=1S/C13H21N5O/c1-4-10(2)18-8-6-12(16-18)9-14-7-5-13-15-11(3)19-17-13/h6,8,10,14H,4-5,7,9H2,1-3H3. The lowest BCUT2D eigenvalue weighted by atomic mass is 10.3. The van der Waals surface area contributed by atoms with Crippen LogP contribution < -0.4 is 5.32 Å². The lowest BCUT2D eigenvalue weighted by molar-refractivity contribution is 0.387. The number of hydrogen-bond donors (Lipinski definition) is 1. The Balaban J connectivity index is 1.72. The summed E-state index contributed by atoms with van der Waals surface area (Å²) in [6.45, 7) is 7.71. The predicted molar refractivity (Wildman–Crippen MR) is 71.7 cm³/mol. The van der Waals surface area contributed by atoms with Gasteiger partial charge in [-0.2, -0.15) is 10.1 Å². The molecule has 6 heteroatoms. The van der Waals surface area contributed by atoms with Crippen LogP contribution in [0.25, 0.3) is 0 Å². The van der Waals surface area contributed by atoms with Crippen LogP contribution >= 0.6 is 0 Å². The van der Waals surface area contributed by atoms with Crippen molar-refractivity contribution in [1.29, 1.82) is 0 Å². The highest BCUT2D eigenvalue weighted by molar-refractivity contribution is 4.99. The number of aromatic nitrogens is 4. The number of rotatable bonds is 7. The molecule has 0 aromatic carbocycles. The maximum Gasteiger partial charge on any atom is 0.223 e. The maximum absolute atomic E-state index is 4.92. The summed E-state index contributed by atoms with van der Waals surface area (Å²) in [5, 5.41) is 11.7. The molecule has 0 aliphatic rings. The molecule has 19 heavy (non-hydrogen) atoms. The summed E-state index contributed by atoms with van der Waals surface area (Å²) >= 11 is 0.